The van der Waals surface area contributed by atoms with Gasteiger partial charge >= 0.3 is 0 Å². The van der Waals surface area contributed by atoms with Crippen molar-refractivity contribution in [3.05, 3.63) is 23.8 Å². The Kier molecular flexibility index (Phi) is 4.84. The third-order valence-corrected chi connectivity index (χ3v) is 3.36. The van der Waals surface area contributed by atoms with Crippen LogP contribution in [-0.4, -0.2) is 37.7 Å². The van der Waals surface area contributed by atoms with Crippen LogP contribution in [0.1, 0.15) is 19.4 Å². The molecule has 1 aliphatic heterocycles. The van der Waals surface area contributed by atoms with Crippen molar-refractivity contribution in [2.75, 3.05) is 26.9 Å². The molecule has 0 bridgehead atoms. The summed E-state index contributed by atoms with van der Waals surface area (Å²) in [5, 5.41) is 3.20. The molecule has 1 aliphatic rings. The first-order chi connectivity index (χ1) is 9.61. The number of nitrogens with one attached hydrogen (secondary N) is 1. The monoisotopic (exact) mass is 278 g/mol. The van der Waals surface area contributed by atoms with Gasteiger partial charge < -0.3 is 19.7 Å². The lowest BCUT2D eigenvalue weighted by atomic mass is 10.1. The maximum atomic E-state index is 12.2. The summed E-state index contributed by atoms with van der Waals surface area (Å²) < 4.78 is 10.6. The van der Waals surface area contributed by atoms with Crippen molar-refractivity contribution < 1.29 is 14.3 Å². The van der Waals surface area contributed by atoms with Crippen molar-refractivity contribution in [1.29, 1.82) is 0 Å². The Balaban J connectivity index is 1.93. The van der Waals surface area contributed by atoms with Crippen LogP contribution in [0.3, 0.4) is 0 Å². The second-order valence-corrected chi connectivity index (χ2v) is 5.09. The molecule has 1 N–H and O–H groups in total. The van der Waals surface area contributed by atoms with Crippen LogP contribution < -0.4 is 14.8 Å². The summed E-state index contributed by atoms with van der Waals surface area (Å²) in [6.07, 6.45) is 0. The van der Waals surface area contributed by atoms with Crippen molar-refractivity contribution in [2.24, 2.45) is 5.92 Å². The van der Waals surface area contributed by atoms with Crippen molar-refractivity contribution in [3.8, 4) is 11.5 Å². The number of hydrogen-bond donors (Lipinski definition) is 1. The largest absolute Gasteiger partial charge is 0.454 e. The van der Waals surface area contributed by atoms with Crippen LogP contribution >= 0.6 is 0 Å². The molecule has 1 aromatic carbocycles. The Morgan fingerprint density at radius 1 is 1.40 bits per heavy atom. The number of rotatable bonds is 6. The Morgan fingerprint density at radius 3 is 2.90 bits per heavy atom. The molecule has 20 heavy (non-hydrogen) atoms. The molecule has 1 unspecified atom stereocenters. The van der Waals surface area contributed by atoms with E-state index in [0.717, 1.165) is 23.6 Å². The van der Waals surface area contributed by atoms with Gasteiger partial charge in [0.05, 0.1) is 0 Å². The fourth-order valence-electron chi connectivity index (χ4n) is 2.22. The lowest BCUT2D eigenvalue weighted by Gasteiger charge is -2.21. The van der Waals surface area contributed by atoms with E-state index < -0.39 is 0 Å². The van der Waals surface area contributed by atoms with Crippen molar-refractivity contribution in [3.63, 3.8) is 0 Å². The SMILES string of the molecule is CCNCC(C)C(=O)N(C)Cc1ccc2c(c1)OCO2. The topological polar surface area (TPSA) is 50.8 Å². The highest BCUT2D eigenvalue weighted by Gasteiger charge is 2.18. The van der Waals surface area contributed by atoms with E-state index in [0.29, 0.717) is 13.1 Å². The van der Waals surface area contributed by atoms with E-state index in [1.165, 1.54) is 0 Å². The van der Waals surface area contributed by atoms with Gasteiger partial charge in [-0.15, -0.1) is 0 Å². The second-order valence-electron chi connectivity index (χ2n) is 5.09. The summed E-state index contributed by atoms with van der Waals surface area (Å²) in [4.78, 5) is 14.0. The van der Waals surface area contributed by atoms with Crippen LogP contribution in [0.2, 0.25) is 0 Å². The van der Waals surface area contributed by atoms with Crippen LogP contribution in [-0.2, 0) is 11.3 Å². The average molecular weight is 278 g/mol. The minimum absolute atomic E-state index is 0.0195. The summed E-state index contributed by atoms with van der Waals surface area (Å²) >= 11 is 0. The van der Waals surface area contributed by atoms with Crippen LogP contribution in [0.5, 0.6) is 11.5 Å². The Hall–Kier alpha value is -1.75. The summed E-state index contributed by atoms with van der Waals surface area (Å²) in [5.74, 6) is 1.64. The van der Waals surface area contributed by atoms with Crippen molar-refractivity contribution in [1.82, 2.24) is 10.2 Å². The highest BCUT2D eigenvalue weighted by molar-refractivity contribution is 5.78. The maximum absolute atomic E-state index is 12.2. The van der Waals surface area contributed by atoms with Gasteiger partial charge in [0.15, 0.2) is 11.5 Å². The number of fused-ring (bicyclic) bond motifs is 1. The smallest absolute Gasteiger partial charge is 0.231 e. The van der Waals surface area contributed by atoms with E-state index in [2.05, 4.69) is 5.32 Å². The molecule has 0 aliphatic carbocycles. The predicted octanol–water partition coefficient (Wildman–Crippen LogP) is 1.62. The van der Waals surface area contributed by atoms with E-state index in [9.17, 15) is 4.79 Å². The summed E-state index contributed by atoms with van der Waals surface area (Å²) in [6, 6.07) is 5.78. The molecule has 2 rings (SSSR count). The molecule has 1 aromatic rings. The Bertz CT molecular complexity index is 476. The zero-order valence-electron chi connectivity index (χ0n) is 12.3. The van der Waals surface area contributed by atoms with E-state index >= 15 is 0 Å². The van der Waals surface area contributed by atoms with Crippen LogP contribution in [0, 0.1) is 5.92 Å². The van der Waals surface area contributed by atoms with Crippen LogP contribution in [0.15, 0.2) is 18.2 Å². The average Bonchev–Trinajstić information content (AvgIpc) is 2.91. The highest BCUT2D eigenvalue weighted by Crippen LogP contribution is 2.32. The predicted molar refractivity (Wildman–Crippen MR) is 76.7 cm³/mol. The van der Waals surface area contributed by atoms with E-state index in [4.69, 9.17) is 9.47 Å². The molecule has 0 radical (unpaired) electrons. The maximum Gasteiger partial charge on any atom is 0.231 e. The van der Waals surface area contributed by atoms with Gasteiger partial charge in [-0.05, 0) is 24.2 Å². The second kappa shape index (κ2) is 6.61. The summed E-state index contributed by atoms with van der Waals surface area (Å²) in [7, 11) is 1.83. The number of hydrogen-bond acceptors (Lipinski definition) is 4. The standard InChI is InChI=1S/C15H22N2O3/c1-4-16-8-11(2)15(18)17(3)9-12-5-6-13-14(7-12)20-10-19-13/h5-7,11,16H,4,8-10H2,1-3H3. The summed E-state index contributed by atoms with van der Waals surface area (Å²) in [6.45, 7) is 6.41. The fourth-order valence-corrected chi connectivity index (χ4v) is 2.22. The molecule has 0 aromatic heterocycles. The normalized spacial score (nSPS) is 14.2. The van der Waals surface area contributed by atoms with E-state index in [-0.39, 0.29) is 18.6 Å². The van der Waals surface area contributed by atoms with Gasteiger partial charge in [0.1, 0.15) is 0 Å². The third kappa shape index (κ3) is 3.42. The number of ether oxygens (including phenoxy) is 2. The summed E-state index contributed by atoms with van der Waals surface area (Å²) in [5.41, 5.74) is 1.04. The minimum atomic E-state index is -0.0195. The molecular formula is C15H22N2O3. The van der Waals surface area contributed by atoms with Gasteiger partial charge in [-0.1, -0.05) is 19.9 Å². The van der Waals surface area contributed by atoms with Crippen LogP contribution in [0.25, 0.3) is 0 Å². The van der Waals surface area contributed by atoms with Gasteiger partial charge in [0.2, 0.25) is 12.7 Å². The van der Waals surface area contributed by atoms with Crippen molar-refractivity contribution in [2.45, 2.75) is 20.4 Å². The zero-order valence-corrected chi connectivity index (χ0v) is 12.3. The number of amides is 1. The number of benzene rings is 1. The number of nitrogens with zero attached hydrogens (tertiary/aromatic N) is 1. The number of carbonyl (C=O) groups excluding carboxylic acids is 1. The lowest BCUT2D eigenvalue weighted by Crippen LogP contribution is -2.36. The molecule has 0 spiro atoms. The molecule has 5 nitrogen and oxygen atoms in total. The molecule has 0 saturated carbocycles. The molecule has 1 heterocycles. The number of carbonyl (C=O) groups is 1. The van der Waals surface area contributed by atoms with Gasteiger partial charge in [-0.2, -0.15) is 0 Å². The van der Waals surface area contributed by atoms with E-state index in [1.807, 2.05) is 39.1 Å². The fraction of sp³-hybridized carbons (Fsp3) is 0.533. The van der Waals surface area contributed by atoms with Gasteiger partial charge in [0, 0.05) is 26.1 Å². The Labute approximate surface area is 119 Å². The highest BCUT2D eigenvalue weighted by atomic mass is 16.7. The van der Waals surface area contributed by atoms with Gasteiger partial charge in [-0.25, -0.2) is 0 Å². The lowest BCUT2D eigenvalue weighted by molar-refractivity contribution is -0.134. The minimum Gasteiger partial charge on any atom is -0.454 e. The first-order valence-electron chi connectivity index (χ1n) is 6.96. The third-order valence-electron chi connectivity index (χ3n) is 3.36. The molecule has 1 amide bonds. The first kappa shape index (κ1) is 14.7. The van der Waals surface area contributed by atoms with Crippen molar-refractivity contribution >= 4 is 5.91 Å². The Morgan fingerprint density at radius 2 is 2.15 bits per heavy atom. The van der Waals surface area contributed by atoms with Gasteiger partial charge in [0.25, 0.3) is 0 Å². The molecular weight excluding hydrogens is 256 g/mol. The van der Waals surface area contributed by atoms with Gasteiger partial charge in [-0.3, -0.25) is 4.79 Å². The molecule has 0 saturated heterocycles. The molecule has 5 heteroatoms. The van der Waals surface area contributed by atoms with E-state index in [1.54, 1.807) is 4.90 Å². The quantitative estimate of drug-likeness (QED) is 0.859. The molecule has 0 fully saturated rings. The zero-order chi connectivity index (χ0) is 14.5. The van der Waals surface area contributed by atoms with Crippen LogP contribution in [0.4, 0.5) is 0 Å². The first-order valence-corrected chi connectivity index (χ1v) is 6.96. The molecule has 110 valence electrons. The molecule has 1 atom stereocenters.